The lowest BCUT2D eigenvalue weighted by Gasteiger charge is -2.15. The van der Waals surface area contributed by atoms with Crippen LogP contribution in [0.25, 0.3) is 0 Å². The number of hydrogen-bond donors (Lipinski definition) is 2. The van der Waals surface area contributed by atoms with Crippen LogP contribution in [0.2, 0.25) is 0 Å². The molecule has 0 saturated heterocycles. The average molecular weight is 325 g/mol. The molecule has 1 aromatic rings. The fourth-order valence-electron chi connectivity index (χ4n) is 1.92. The third-order valence-corrected chi connectivity index (χ3v) is 3.74. The summed E-state index contributed by atoms with van der Waals surface area (Å²) in [7, 11) is 1.59. The maximum atomic E-state index is 12.1. The molecule has 1 amide bonds. The molecule has 0 fully saturated rings. The van der Waals surface area contributed by atoms with Crippen molar-refractivity contribution in [3.8, 4) is 5.75 Å². The van der Waals surface area contributed by atoms with Gasteiger partial charge in [-0.05, 0) is 47.1 Å². The Morgan fingerprint density at radius 1 is 1.53 bits per heavy atom. The van der Waals surface area contributed by atoms with E-state index in [0.29, 0.717) is 17.9 Å². The lowest BCUT2D eigenvalue weighted by Crippen LogP contribution is -2.29. The predicted octanol–water partition coefficient (Wildman–Crippen LogP) is 2.11. The Morgan fingerprint density at radius 3 is 3.05 bits per heavy atom. The molecule has 0 bridgehead atoms. The number of amides is 1. The van der Waals surface area contributed by atoms with Crippen LogP contribution in [-0.4, -0.2) is 32.7 Å². The van der Waals surface area contributed by atoms with Crippen molar-refractivity contribution in [1.82, 2.24) is 10.6 Å². The Hall–Kier alpha value is -1.33. The van der Waals surface area contributed by atoms with E-state index in [1.807, 2.05) is 12.1 Å². The highest BCUT2D eigenvalue weighted by Gasteiger charge is 2.12. The standard InChI is InChI=1S/C14H17BrN2O2/c1-19-11-2-3-13(15)12(8-11)14(18)17-9-10-4-6-16-7-5-10/h2-4,8,16H,5-7,9H2,1H3,(H,17,18). The first kappa shape index (κ1) is 14.1. The summed E-state index contributed by atoms with van der Waals surface area (Å²) in [6.45, 7) is 2.46. The van der Waals surface area contributed by atoms with Crippen molar-refractivity contribution in [2.24, 2.45) is 0 Å². The van der Waals surface area contributed by atoms with E-state index in [-0.39, 0.29) is 5.91 Å². The van der Waals surface area contributed by atoms with Crippen molar-refractivity contribution in [2.45, 2.75) is 6.42 Å². The van der Waals surface area contributed by atoms with E-state index < -0.39 is 0 Å². The number of carbonyl (C=O) groups excluding carboxylic acids is 1. The molecule has 0 saturated carbocycles. The van der Waals surface area contributed by atoms with Crippen molar-refractivity contribution in [3.63, 3.8) is 0 Å². The number of rotatable bonds is 4. The highest BCUT2D eigenvalue weighted by Crippen LogP contribution is 2.22. The largest absolute Gasteiger partial charge is 0.497 e. The van der Waals surface area contributed by atoms with Gasteiger partial charge in [0, 0.05) is 17.6 Å². The van der Waals surface area contributed by atoms with E-state index in [4.69, 9.17) is 4.74 Å². The summed E-state index contributed by atoms with van der Waals surface area (Å²) in [6.07, 6.45) is 3.12. The van der Waals surface area contributed by atoms with Crippen molar-refractivity contribution >= 4 is 21.8 Å². The summed E-state index contributed by atoms with van der Waals surface area (Å²) in [4.78, 5) is 12.1. The lowest BCUT2D eigenvalue weighted by atomic mass is 10.1. The molecule has 0 radical (unpaired) electrons. The van der Waals surface area contributed by atoms with Gasteiger partial charge in [0.05, 0.1) is 12.7 Å². The molecular weight excluding hydrogens is 308 g/mol. The van der Waals surface area contributed by atoms with Crippen LogP contribution in [0.3, 0.4) is 0 Å². The van der Waals surface area contributed by atoms with Gasteiger partial charge in [0.1, 0.15) is 5.75 Å². The van der Waals surface area contributed by atoms with Gasteiger partial charge in [-0.25, -0.2) is 0 Å². The number of methoxy groups -OCH3 is 1. The van der Waals surface area contributed by atoms with Gasteiger partial charge >= 0.3 is 0 Å². The zero-order valence-electron chi connectivity index (χ0n) is 10.8. The molecule has 5 heteroatoms. The van der Waals surface area contributed by atoms with Gasteiger partial charge in [0.2, 0.25) is 0 Å². The molecule has 4 nitrogen and oxygen atoms in total. The van der Waals surface area contributed by atoms with Gasteiger partial charge in [-0.2, -0.15) is 0 Å². The van der Waals surface area contributed by atoms with Crippen LogP contribution >= 0.6 is 15.9 Å². The Balaban J connectivity index is 2.01. The molecule has 0 unspecified atom stereocenters. The molecule has 1 aromatic carbocycles. The van der Waals surface area contributed by atoms with Crippen LogP contribution in [0.15, 0.2) is 34.3 Å². The van der Waals surface area contributed by atoms with E-state index >= 15 is 0 Å². The molecule has 0 aromatic heterocycles. The fraction of sp³-hybridized carbons (Fsp3) is 0.357. The minimum absolute atomic E-state index is 0.0924. The first-order chi connectivity index (χ1) is 9.20. The molecule has 0 aliphatic carbocycles. The van der Waals surface area contributed by atoms with Crippen LogP contribution < -0.4 is 15.4 Å². The lowest BCUT2D eigenvalue weighted by molar-refractivity contribution is 0.0955. The zero-order chi connectivity index (χ0) is 13.7. The Kier molecular flexibility index (Phi) is 4.99. The van der Waals surface area contributed by atoms with Crippen molar-refractivity contribution in [2.75, 3.05) is 26.7 Å². The monoisotopic (exact) mass is 324 g/mol. The van der Waals surface area contributed by atoms with Gasteiger partial charge < -0.3 is 15.4 Å². The molecule has 2 rings (SSSR count). The molecule has 19 heavy (non-hydrogen) atoms. The minimum Gasteiger partial charge on any atom is -0.497 e. The van der Waals surface area contributed by atoms with Crippen molar-refractivity contribution < 1.29 is 9.53 Å². The summed E-state index contributed by atoms with van der Waals surface area (Å²) in [6, 6.07) is 5.37. The SMILES string of the molecule is COc1ccc(Br)c(C(=O)NCC2=CCNCC2)c1. The Labute approximate surface area is 121 Å². The van der Waals surface area contributed by atoms with Gasteiger partial charge in [0.15, 0.2) is 0 Å². The number of hydrogen-bond acceptors (Lipinski definition) is 3. The minimum atomic E-state index is -0.0924. The highest BCUT2D eigenvalue weighted by atomic mass is 79.9. The fourth-order valence-corrected chi connectivity index (χ4v) is 2.35. The van der Waals surface area contributed by atoms with Crippen LogP contribution in [-0.2, 0) is 0 Å². The third kappa shape index (κ3) is 3.81. The molecule has 102 valence electrons. The van der Waals surface area contributed by atoms with Gasteiger partial charge in [0.25, 0.3) is 5.91 Å². The first-order valence-corrected chi connectivity index (χ1v) is 7.00. The molecule has 1 aliphatic heterocycles. The summed E-state index contributed by atoms with van der Waals surface area (Å²) in [5, 5.41) is 6.19. The van der Waals surface area contributed by atoms with Crippen molar-refractivity contribution in [1.29, 1.82) is 0 Å². The summed E-state index contributed by atoms with van der Waals surface area (Å²) in [5.74, 6) is 0.583. The van der Waals surface area contributed by atoms with E-state index in [9.17, 15) is 4.79 Å². The average Bonchev–Trinajstić information content (AvgIpc) is 2.46. The van der Waals surface area contributed by atoms with E-state index in [2.05, 4.69) is 32.6 Å². The topological polar surface area (TPSA) is 50.4 Å². The second kappa shape index (κ2) is 6.73. The van der Waals surface area contributed by atoms with Gasteiger partial charge in [-0.15, -0.1) is 0 Å². The normalized spacial score (nSPS) is 14.7. The summed E-state index contributed by atoms with van der Waals surface area (Å²) < 4.78 is 5.90. The van der Waals surface area contributed by atoms with E-state index in [1.54, 1.807) is 13.2 Å². The molecular formula is C14H17BrN2O2. The van der Waals surface area contributed by atoms with Gasteiger partial charge in [-0.1, -0.05) is 11.6 Å². The smallest absolute Gasteiger partial charge is 0.252 e. The molecule has 2 N–H and O–H groups in total. The maximum Gasteiger partial charge on any atom is 0.252 e. The van der Waals surface area contributed by atoms with Gasteiger partial charge in [-0.3, -0.25) is 4.79 Å². The molecule has 1 aliphatic rings. The molecule has 0 atom stereocenters. The van der Waals surface area contributed by atoms with Crippen LogP contribution in [0, 0.1) is 0 Å². The van der Waals surface area contributed by atoms with E-state index in [1.165, 1.54) is 5.57 Å². The number of nitrogens with one attached hydrogen (secondary N) is 2. The number of ether oxygens (including phenoxy) is 1. The Bertz CT molecular complexity index is 500. The molecule has 1 heterocycles. The van der Waals surface area contributed by atoms with Crippen LogP contribution in [0.1, 0.15) is 16.8 Å². The maximum absolute atomic E-state index is 12.1. The van der Waals surface area contributed by atoms with Crippen LogP contribution in [0.5, 0.6) is 5.75 Å². The highest BCUT2D eigenvalue weighted by molar-refractivity contribution is 9.10. The van der Waals surface area contributed by atoms with E-state index in [0.717, 1.165) is 24.0 Å². The quantitative estimate of drug-likeness (QED) is 0.834. The third-order valence-electron chi connectivity index (χ3n) is 3.05. The van der Waals surface area contributed by atoms with Crippen molar-refractivity contribution in [3.05, 3.63) is 39.9 Å². The summed E-state index contributed by atoms with van der Waals surface area (Å²) >= 11 is 3.39. The molecule has 0 spiro atoms. The first-order valence-electron chi connectivity index (χ1n) is 6.21. The second-order valence-corrected chi connectivity index (χ2v) is 5.20. The Morgan fingerprint density at radius 2 is 2.37 bits per heavy atom. The van der Waals surface area contributed by atoms with Crippen LogP contribution in [0.4, 0.5) is 0 Å². The zero-order valence-corrected chi connectivity index (χ0v) is 12.4. The second-order valence-electron chi connectivity index (χ2n) is 4.34. The summed E-state index contributed by atoms with van der Waals surface area (Å²) in [5.41, 5.74) is 1.86. The number of benzene rings is 1. The predicted molar refractivity (Wildman–Crippen MR) is 78.6 cm³/mol. The number of carbonyl (C=O) groups is 1. The number of halogens is 1.